The van der Waals surface area contributed by atoms with Crippen molar-refractivity contribution >= 4 is 0 Å². The Bertz CT molecular complexity index is 571. The Balaban J connectivity index is 1.92. The normalized spacial score (nSPS) is 11.4. The van der Waals surface area contributed by atoms with Gasteiger partial charge in [-0.1, -0.05) is 42.5 Å². The maximum absolute atomic E-state index is 9.93. The molecule has 2 N–H and O–H groups in total. The van der Waals surface area contributed by atoms with E-state index in [4.69, 9.17) is 4.74 Å². The van der Waals surface area contributed by atoms with Crippen molar-refractivity contribution in [2.24, 2.45) is 0 Å². The highest BCUT2D eigenvalue weighted by Gasteiger charge is 2.14. The summed E-state index contributed by atoms with van der Waals surface area (Å²) >= 11 is 0. The minimum absolute atomic E-state index is 0.761. The molecule has 2 aromatic rings. The molecule has 0 heterocycles. The molecule has 0 fully saturated rings. The molecule has 3 heteroatoms. The molecule has 0 saturated heterocycles. The summed E-state index contributed by atoms with van der Waals surface area (Å²) in [5.41, 5.74) is 2.48. The van der Waals surface area contributed by atoms with Crippen LogP contribution in [0.4, 0.5) is 0 Å². The Morgan fingerprint density at radius 1 is 1.00 bits per heavy atom. The standard InChI is InChI=1S/C18H23NO2/c1-18(2,20)16-10-8-14(9-11-16)12-19-13-15-6-4-5-7-17(15)21-3/h4-11,19-20H,12-13H2,1-3H3. The Hall–Kier alpha value is -1.84. The van der Waals surface area contributed by atoms with Gasteiger partial charge in [0.15, 0.2) is 0 Å². The van der Waals surface area contributed by atoms with Gasteiger partial charge in [-0.15, -0.1) is 0 Å². The molecule has 0 aromatic heterocycles. The SMILES string of the molecule is COc1ccccc1CNCc1ccc(C(C)(C)O)cc1. The largest absolute Gasteiger partial charge is 0.496 e. The van der Waals surface area contributed by atoms with Crippen molar-refractivity contribution in [2.45, 2.75) is 32.5 Å². The van der Waals surface area contributed by atoms with Gasteiger partial charge in [0.05, 0.1) is 12.7 Å². The van der Waals surface area contributed by atoms with Gasteiger partial charge in [-0.3, -0.25) is 0 Å². The number of hydrogen-bond donors (Lipinski definition) is 2. The predicted molar refractivity (Wildman–Crippen MR) is 85.2 cm³/mol. The zero-order chi connectivity index (χ0) is 15.3. The minimum Gasteiger partial charge on any atom is -0.496 e. The summed E-state index contributed by atoms with van der Waals surface area (Å²) in [5.74, 6) is 0.905. The van der Waals surface area contributed by atoms with Gasteiger partial charge in [0.25, 0.3) is 0 Å². The zero-order valence-corrected chi connectivity index (χ0v) is 12.9. The van der Waals surface area contributed by atoms with Crippen LogP contribution in [0.15, 0.2) is 48.5 Å². The summed E-state index contributed by atoms with van der Waals surface area (Å²) < 4.78 is 5.33. The van der Waals surface area contributed by atoms with Crippen LogP contribution in [0.1, 0.15) is 30.5 Å². The van der Waals surface area contributed by atoms with E-state index in [-0.39, 0.29) is 0 Å². The molecular weight excluding hydrogens is 262 g/mol. The van der Waals surface area contributed by atoms with Gasteiger partial charge in [-0.05, 0) is 31.0 Å². The van der Waals surface area contributed by atoms with Crippen LogP contribution < -0.4 is 10.1 Å². The molecule has 112 valence electrons. The highest BCUT2D eigenvalue weighted by Crippen LogP contribution is 2.20. The second-order valence-electron chi connectivity index (χ2n) is 5.67. The van der Waals surface area contributed by atoms with E-state index in [0.717, 1.165) is 30.0 Å². The zero-order valence-electron chi connectivity index (χ0n) is 12.9. The molecule has 2 aromatic carbocycles. The lowest BCUT2D eigenvalue weighted by Crippen LogP contribution is -2.16. The van der Waals surface area contributed by atoms with Crippen LogP contribution in [0, 0.1) is 0 Å². The third-order valence-electron chi connectivity index (χ3n) is 3.50. The first-order valence-electron chi connectivity index (χ1n) is 7.15. The molecule has 0 aliphatic rings. The van der Waals surface area contributed by atoms with Gasteiger partial charge in [0, 0.05) is 18.7 Å². The maximum Gasteiger partial charge on any atom is 0.123 e. The molecule has 2 rings (SSSR count). The Morgan fingerprint density at radius 2 is 1.67 bits per heavy atom. The fourth-order valence-corrected chi connectivity index (χ4v) is 2.22. The Morgan fingerprint density at radius 3 is 2.29 bits per heavy atom. The summed E-state index contributed by atoms with van der Waals surface area (Å²) in [4.78, 5) is 0. The summed E-state index contributed by atoms with van der Waals surface area (Å²) in [6.07, 6.45) is 0. The van der Waals surface area contributed by atoms with Crippen molar-refractivity contribution in [3.8, 4) is 5.75 Å². The van der Waals surface area contributed by atoms with Gasteiger partial charge in [0.1, 0.15) is 5.75 Å². The van der Waals surface area contributed by atoms with E-state index in [0.29, 0.717) is 0 Å². The second-order valence-corrected chi connectivity index (χ2v) is 5.67. The van der Waals surface area contributed by atoms with Gasteiger partial charge in [-0.2, -0.15) is 0 Å². The third kappa shape index (κ3) is 4.31. The van der Waals surface area contributed by atoms with E-state index in [2.05, 4.69) is 11.4 Å². The summed E-state index contributed by atoms with van der Waals surface area (Å²) in [6.45, 7) is 5.13. The molecule has 0 bridgehead atoms. The van der Waals surface area contributed by atoms with E-state index < -0.39 is 5.60 Å². The van der Waals surface area contributed by atoms with Gasteiger partial charge in [0.2, 0.25) is 0 Å². The van der Waals surface area contributed by atoms with Crippen molar-refractivity contribution in [2.75, 3.05) is 7.11 Å². The molecule has 0 spiro atoms. The van der Waals surface area contributed by atoms with Crippen molar-refractivity contribution in [1.29, 1.82) is 0 Å². The molecular formula is C18H23NO2. The average molecular weight is 285 g/mol. The Labute approximate surface area is 126 Å². The van der Waals surface area contributed by atoms with Crippen molar-refractivity contribution < 1.29 is 9.84 Å². The molecule has 0 radical (unpaired) electrons. The fourth-order valence-electron chi connectivity index (χ4n) is 2.22. The molecule has 0 aliphatic carbocycles. The molecule has 0 unspecified atom stereocenters. The lowest BCUT2D eigenvalue weighted by molar-refractivity contribution is 0.0786. The topological polar surface area (TPSA) is 41.5 Å². The predicted octanol–water partition coefficient (Wildman–Crippen LogP) is 3.21. The summed E-state index contributed by atoms with van der Waals surface area (Å²) in [7, 11) is 1.69. The lowest BCUT2D eigenvalue weighted by atomic mass is 9.97. The number of hydrogen-bond acceptors (Lipinski definition) is 3. The molecule has 3 nitrogen and oxygen atoms in total. The smallest absolute Gasteiger partial charge is 0.123 e. The van der Waals surface area contributed by atoms with Crippen LogP contribution in [0.25, 0.3) is 0 Å². The van der Waals surface area contributed by atoms with Crippen LogP contribution in [0.2, 0.25) is 0 Å². The van der Waals surface area contributed by atoms with Crippen molar-refractivity contribution in [3.63, 3.8) is 0 Å². The first kappa shape index (κ1) is 15.5. The minimum atomic E-state index is -0.788. The second kappa shape index (κ2) is 6.74. The van der Waals surface area contributed by atoms with E-state index >= 15 is 0 Å². The summed E-state index contributed by atoms with van der Waals surface area (Å²) in [6, 6.07) is 16.0. The average Bonchev–Trinajstić information content (AvgIpc) is 2.47. The van der Waals surface area contributed by atoms with Gasteiger partial charge < -0.3 is 15.2 Å². The van der Waals surface area contributed by atoms with E-state index in [9.17, 15) is 5.11 Å². The molecule has 0 amide bonds. The van der Waals surface area contributed by atoms with Crippen molar-refractivity contribution in [1.82, 2.24) is 5.32 Å². The first-order valence-corrected chi connectivity index (χ1v) is 7.15. The quantitative estimate of drug-likeness (QED) is 0.856. The number of ether oxygens (including phenoxy) is 1. The van der Waals surface area contributed by atoms with Gasteiger partial charge >= 0.3 is 0 Å². The fraction of sp³-hybridized carbons (Fsp3) is 0.333. The molecule has 0 saturated carbocycles. The van der Waals surface area contributed by atoms with Crippen LogP contribution in [-0.2, 0) is 18.7 Å². The van der Waals surface area contributed by atoms with E-state index in [1.54, 1.807) is 21.0 Å². The lowest BCUT2D eigenvalue weighted by Gasteiger charge is -2.18. The number of nitrogens with one attached hydrogen (secondary N) is 1. The summed E-state index contributed by atoms with van der Waals surface area (Å²) in [5, 5.41) is 13.3. The molecule has 0 atom stereocenters. The third-order valence-corrected chi connectivity index (χ3v) is 3.50. The van der Waals surface area contributed by atoms with E-state index in [1.165, 1.54) is 5.56 Å². The van der Waals surface area contributed by atoms with Crippen LogP contribution in [0.3, 0.4) is 0 Å². The van der Waals surface area contributed by atoms with Crippen LogP contribution in [-0.4, -0.2) is 12.2 Å². The molecule has 21 heavy (non-hydrogen) atoms. The number of para-hydroxylation sites is 1. The highest BCUT2D eigenvalue weighted by molar-refractivity contribution is 5.33. The van der Waals surface area contributed by atoms with Crippen molar-refractivity contribution in [3.05, 3.63) is 65.2 Å². The number of rotatable bonds is 6. The van der Waals surface area contributed by atoms with Gasteiger partial charge in [-0.25, -0.2) is 0 Å². The van der Waals surface area contributed by atoms with Crippen LogP contribution >= 0.6 is 0 Å². The van der Waals surface area contributed by atoms with E-state index in [1.807, 2.05) is 42.5 Å². The number of benzene rings is 2. The number of aliphatic hydroxyl groups is 1. The highest BCUT2D eigenvalue weighted by atomic mass is 16.5. The monoisotopic (exact) mass is 285 g/mol. The molecule has 0 aliphatic heterocycles. The Kier molecular flexibility index (Phi) is 4.99. The first-order chi connectivity index (χ1) is 10.0. The maximum atomic E-state index is 9.93. The van der Waals surface area contributed by atoms with Crippen LogP contribution in [0.5, 0.6) is 5.75 Å². The number of methoxy groups -OCH3 is 1.